The molecular formula is C17H33NO3. The van der Waals surface area contributed by atoms with Gasteiger partial charge >= 0.3 is 6.09 Å². The van der Waals surface area contributed by atoms with E-state index >= 15 is 0 Å². The minimum Gasteiger partial charge on any atom is -0.450 e. The summed E-state index contributed by atoms with van der Waals surface area (Å²) in [4.78, 5) is 21.4. The van der Waals surface area contributed by atoms with E-state index in [0.29, 0.717) is 13.0 Å². The number of aldehydes is 1. The van der Waals surface area contributed by atoms with Crippen LogP contribution in [0.15, 0.2) is 0 Å². The van der Waals surface area contributed by atoms with Crippen LogP contribution in [0.3, 0.4) is 0 Å². The molecule has 0 rings (SSSR count). The Kier molecular flexibility index (Phi) is 16.1. The van der Waals surface area contributed by atoms with Crippen molar-refractivity contribution in [2.75, 3.05) is 13.2 Å². The Morgan fingerprint density at radius 1 is 0.905 bits per heavy atom. The maximum atomic E-state index is 11.2. The van der Waals surface area contributed by atoms with E-state index in [0.717, 1.165) is 38.5 Å². The molecule has 0 aliphatic rings. The number of hydrogen-bond acceptors (Lipinski definition) is 3. The second-order valence-electron chi connectivity index (χ2n) is 5.55. The van der Waals surface area contributed by atoms with E-state index in [2.05, 4.69) is 12.2 Å². The van der Waals surface area contributed by atoms with Crippen LogP contribution in [0.1, 0.15) is 84.0 Å². The van der Waals surface area contributed by atoms with Gasteiger partial charge < -0.3 is 14.8 Å². The summed E-state index contributed by atoms with van der Waals surface area (Å²) in [6.07, 6.45) is 14.2. The number of amides is 1. The van der Waals surface area contributed by atoms with Gasteiger partial charge in [0, 0.05) is 13.0 Å². The van der Waals surface area contributed by atoms with Gasteiger partial charge in [0.2, 0.25) is 0 Å². The molecule has 0 aromatic heterocycles. The first-order valence-electron chi connectivity index (χ1n) is 8.65. The molecule has 0 fully saturated rings. The zero-order valence-corrected chi connectivity index (χ0v) is 13.7. The first-order chi connectivity index (χ1) is 10.3. The largest absolute Gasteiger partial charge is 0.450 e. The lowest BCUT2D eigenvalue weighted by Crippen LogP contribution is -2.25. The molecule has 0 bridgehead atoms. The van der Waals surface area contributed by atoms with Crippen molar-refractivity contribution in [1.82, 2.24) is 5.32 Å². The molecule has 0 heterocycles. The highest BCUT2D eigenvalue weighted by atomic mass is 16.5. The zero-order chi connectivity index (χ0) is 15.6. The summed E-state index contributed by atoms with van der Waals surface area (Å²) in [5.74, 6) is 0. The van der Waals surface area contributed by atoms with E-state index in [4.69, 9.17) is 4.74 Å². The lowest BCUT2D eigenvalue weighted by Gasteiger charge is -2.06. The van der Waals surface area contributed by atoms with Crippen LogP contribution >= 0.6 is 0 Å². The Balaban J connectivity index is 3.08. The Morgan fingerprint density at radius 3 is 2.05 bits per heavy atom. The predicted octanol–water partition coefficient (Wildman–Crippen LogP) is 4.61. The van der Waals surface area contributed by atoms with Crippen molar-refractivity contribution in [3.8, 4) is 0 Å². The summed E-state index contributed by atoms with van der Waals surface area (Å²) in [6, 6.07) is 0. The highest BCUT2D eigenvalue weighted by molar-refractivity contribution is 5.66. The van der Waals surface area contributed by atoms with Gasteiger partial charge in [-0.05, 0) is 19.3 Å². The summed E-state index contributed by atoms with van der Waals surface area (Å²) in [5, 5.41) is 2.78. The summed E-state index contributed by atoms with van der Waals surface area (Å²) >= 11 is 0. The number of rotatable bonds is 15. The Morgan fingerprint density at radius 2 is 1.48 bits per heavy atom. The summed E-state index contributed by atoms with van der Waals surface area (Å²) in [7, 11) is 0. The van der Waals surface area contributed by atoms with Crippen LogP contribution in [0.5, 0.6) is 0 Å². The van der Waals surface area contributed by atoms with Crippen LogP contribution in [0.25, 0.3) is 0 Å². The standard InChI is InChI=1S/C17H33NO3/c1-2-3-16-21-17(20)18-14-12-10-8-6-4-5-7-9-11-13-15-19/h15H,2-14,16H2,1H3,(H,18,20). The van der Waals surface area contributed by atoms with Gasteiger partial charge in [-0.15, -0.1) is 0 Å². The van der Waals surface area contributed by atoms with Gasteiger partial charge in [-0.2, -0.15) is 0 Å². The van der Waals surface area contributed by atoms with Crippen LogP contribution in [0, 0.1) is 0 Å². The number of hydrogen-bond donors (Lipinski definition) is 1. The molecular weight excluding hydrogens is 266 g/mol. The van der Waals surface area contributed by atoms with Crippen molar-refractivity contribution in [3.05, 3.63) is 0 Å². The smallest absolute Gasteiger partial charge is 0.407 e. The van der Waals surface area contributed by atoms with Crippen molar-refractivity contribution >= 4 is 12.4 Å². The Hall–Kier alpha value is -1.06. The van der Waals surface area contributed by atoms with E-state index in [1.165, 1.54) is 44.9 Å². The third-order valence-electron chi connectivity index (χ3n) is 3.50. The normalized spacial score (nSPS) is 10.3. The first kappa shape index (κ1) is 19.9. The minimum absolute atomic E-state index is 0.279. The van der Waals surface area contributed by atoms with Crippen LogP contribution in [-0.4, -0.2) is 25.5 Å². The number of carbonyl (C=O) groups is 2. The fourth-order valence-electron chi connectivity index (χ4n) is 2.14. The molecule has 0 aromatic rings. The number of ether oxygens (including phenoxy) is 1. The molecule has 0 unspecified atom stereocenters. The summed E-state index contributed by atoms with van der Waals surface area (Å²) in [6.45, 7) is 3.32. The fourth-order valence-corrected chi connectivity index (χ4v) is 2.14. The van der Waals surface area contributed by atoms with E-state index in [9.17, 15) is 9.59 Å². The van der Waals surface area contributed by atoms with Crippen LogP contribution in [-0.2, 0) is 9.53 Å². The molecule has 0 radical (unpaired) electrons. The van der Waals surface area contributed by atoms with Gasteiger partial charge in [0.1, 0.15) is 6.29 Å². The molecule has 0 aromatic carbocycles. The predicted molar refractivity (Wildman–Crippen MR) is 86.5 cm³/mol. The molecule has 4 heteroatoms. The molecule has 0 aliphatic carbocycles. The third-order valence-corrected chi connectivity index (χ3v) is 3.50. The van der Waals surface area contributed by atoms with Gasteiger partial charge in [-0.3, -0.25) is 0 Å². The molecule has 4 nitrogen and oxygen atoms in total. The number of unbranched alkanes of at least 4 members (excludes halogenated alkanes) is 10. The van der Waals surface area contributed by atoms with Gasteiger partial charge in [0.05, 0.1) is 6.61 Å². The number of alkyl carbamates (subject to hydrolysis) is 1. The quantitative estimate of drug-likeness (QED) is 0.355. The summed E-state index contributed by atoms with van der Waals surface area (Å²) < 4.78 is 5.01. The first-order valence-corrected chi connectivity index (χ1v) is 8.65. The van der Waals surface area contributed by atoms with Crippen LogP contribution in [0.4, 0.5) is 4.79 Å². The highest BCUT2D eigenvalue weighted by Crippen LogP contribution is 2.10. The molecule has 124 valence electrons. The SMILES string of the molecule is CCCCOC(=O)NCCCCCCCCCCCC=O. The maximum Gasteiger partial charge on any atom is 0.407 e. The lowest BCUT2D eigenvalue weighted by molar-refractivity contribution is -0.107. The van der Waals surface area contributed by atoms with Gasteiger partial charge in [-0.25, -0.2) is 4.79 Å². The van der Waals surface area contributed by atoms with E-state index in [1.807, 2.05) is 0 Å². The molecule has 0 atom stereocenters. The van der Waals surface area contributed by atoms with E-state index < -0.39 is 0 Å². The van der Waals surface area contributed by atoms with Gasteiger partial charge in [-0.1, -0.05) is 58.3 Å². The van der Waals surface area contributed by atoms with E-state index in [1.54, 1.807) is 0 Å². The van der Waals surface area contributed by atoms with E-state index in [-0.39, 0.29) is 6.09 Å². The third kappa shape index (κ3) is 16.9. The molecule has 0 saturated carbocycles. The molecule has 0 saturated heterocycles. The molecule has 0 spiro atoms. The highest BCUT2D eigenvalue weighted by Gasteiger charge is 1.99. The molecule has 21 heavy (non-hydrogen) atoms. The Bertz CT molecular complexity index is 244. The van der Waals surface area contributed by atoms with Crippen molar-refractivity contribution in [2.24, 2.45) is 0 Å². The zero-order valence-electron chi connectivity index (χ0n) is 13.7. The maximum absolute atomic E-state index is 11.2. The fraction of sp³-hybridized carbons (Fsp3) is 0.882. The van der Waals surface area contributed by atoms with Crippen LogP contribution < -0.4 is 5.32 Å². The topological polar surface area (TPSA) is 55.4 Å². The van der Waals surface area contributed by atoms with Crippen molar-refractivity contribution in [1.29, 1.82) is 0 Å². The van der Waals surface area contributed by atoms with Crippen molar-refractivity contribution in [3.63, 3.8) is 0 Å². The van der Waals surface area contributed by atoms with Crippen molar-refractivity contribution < 1.29 is 14.3 Å². The minimum atomic E-state index is -0.279. The molecule has 0 aliphatic heterocycles. The average molecular weight is 299 g/mol. The van der Waals surface area contributed by atoms with Gasteiger partial charge in [0.15, 0.2) is 0 Å². The molecule has 1 N–H and O–H groups in total. The number of carbonyl (C=O) groups excluding carboxylic acids is 2. The Labute approximate surface area is 130 Å². The van der Waals surface area contributed by atoms with Crippen molar-refractivity contribution in [2.45, 2.75) is 84.0 Å². The number of nitrogens with one attached hydrogen (secondary N) is 1. The molecule has 1 amide bonds. The lowest BCUT2D eigenvalue weighted by atomic mass is 10.1. The van der Waals surface area contributed by atoms with Gasteiger partial charge in [0.25, 0.3) is 0 Å². The average Bonchev–Trinajstić information content (AvgIpc) is 2.48. The second kappa shape index (κ2) is 17.0. The van der Waals surface area contributed by atoms with Crippen LogP contribution in [0.2, 0.25) is 0 Å². The summed E-state index contributed by atoms with van der Waals surface area (Å²) in [5.41, 5.74) is 0. The second-order valence-corrected chi connectivity index (χ2v) is 5.55. The monoisotopic (exact) mass is 299 g/mol.